The maximum atomic E-state index is 11.9. The van der Waals surface area contributed by atoms with E-state index in [1.807, 2.05) is 25.1 Å². The fourth-order valence-electron chi connectivity index (χ4n) is 2.74. The van der Waals surface area contributed by atoms with Crippen molar-refractivity contribution in [1.82, 2.24) is 9.97 Å². The lowest BCUT2D eigenvalue weighted by Gasteiger charge is -2.14. The number of ether oxygens (including phenoxy) is 2. The number of hydrogen-bond acceptors (Lipinski definition) is 7. The zero-order valence-electron chi connectivity index (χ0n) is 14.4. The molecule has 1 unspecified atom stereocenters. The molecule has 2 aromatic rings. The number of anilines is 3. The van der Waals surface area contributed by atoms with Gasteiger partial charge in [-0.15, -0.1) is 0 Å². The third kappa shape index (κ3) is 4.45. The number of carbonyl (C=O) groups is 1. The van der Waals surface area contributed by atoms with Crippen molar-refractivity contribution in [3.63, 3.8) is 0 Å². The molecule has 2 heterocycles. The molecule has 3 rings (SSSR count). The molecule has 0 bridgehead atoms. The van der Waals surface area contributed by atoms with Crippen LogP contribution in [-0.4, -0.2) is 42.3 Å². The molecule has 0 saturated carbocycles. The Kier molecular flexibility index (Phi) is 5.45. The van der Waals surface area contributed by atoms with Crippen LogP contribution < -0.4 is 10.6 Å². The number of methoxy groups -OCH3 is 1. The number of carbonyl (C=O) groups excluding carboxylic acids is 1. The summed E-state index contributed by atoms with van der Waals surface area (Å²) in [6, 6.07) is 8.98. The molecule has 1 aliphatic heterocycles. The highest BCUT2D eigenvalue weighted by Crippen LogP contribution is 2.22. The molecular weight excluding hydrogens is 320 g/mol. The number of nitrogens with zero attached hydrogens (tertiary/aromatic N) is 2. The molecule has 1 aromatic carbocycles. The van der Waals surface area contributed by atoms with Crippen LogP contribution in [-0.2, 0) is 9.47 Å². The predicted octanol–water partition coefficient (Wildman–Crippen LogP) is 2.91. The Morgan fingerprint density at radius 1 is 1.36 bits per heavy atom. The van der Waals surface area contributed by atoms with Crippen molar-refractivity contribution < 1.29 is 14.3 Å². The van der Waals surface area contributed by atoms with Gasteiger partial charge in [-0.3, -0.25) is 0 Å². The minimum atomic E-state index is -0.398. The molecule has 1 fully saturated rings. The van der Waals surface area contributed by atoms with E-state index in [9.17, 15) is 4.79 Å². The van der Waals surface area contributed by atoms with E-state index in [2.05, 4.69) is 20.6 Å². The minimum absolute atomic E-state index is 0.209. The van der Waals surface area contributed by atoms with Crippen LogP contribution in [0, 0.1) is 6.92 Å². The van der Waals surface area contributed by atoms with E-state index in [1.165, 1.54) is 7.11 Å². The maximum Gasteiger partial charge on any atom is 0.339 e. The van der Waals surface area contributed by atoms with Crippen LogP contribution >= 0.6 is 0 Å². The summed E-state index contributed by atoms with van der Waals surface area (Å²) in [5, 5.41) is 6.40. The number of benzene rings is 1. The highest BCUT2D eigenvalue weighted by Gasteiger charge is 2.16. The first kappa shape index (κ1) is 17.2. The van der Waals surface area contributed by atoms with Gasteiger partial charge in [-0.25, -0.2) is 9.78 Å². The highest BCUT2D eigenvalue weighted by atomic mass is 16.5. The third-order valence-electron chi connectivity index (χ3n) is 3.96. The average molecular weight is 342 g/mol. The second kappa shape index (κ2) is 7.94. The Bertz CT molecular complexity index is 745. The second-order valence-electron chi connectivity index (χ2n) is 5.90. The second-order valence-corrected chi connectivity index (χ2v) is 5.90. The van der Waals surface area contributed by atoms with Gasteiger partial charge in [0.25, 0.3) is 0 Å². The number of esters is 1. The van der Waals surface area contributed by atoms with Gasteiger partial charge >= 0.3 is 5.97 Å². The van der Waals surface area contributed by atoms with Crippen molar-refractivity contribution in [2.45, 2.75) is 25.9 Å². The number of rotatable bonds is 6. The molecule has 0 spiro atoms. The van der Waals surface area contributed by atoms with Gasteiger partial charge in [-0.1, -0.05) is 12.1 Å². The molecule has 1 atom stereocenters. The zero-order valence-corrected chi connectivity index (χ0v) is 14.4. The SMILES string of the molecule is COC(=O)c1ccccc1Nc1cc(C)nc(NCC2CCCO2)n1. The van der Waals surface area contributed by atoms with E-state index >= 15 is 0 Å². The third-order valence-corrected chi connectivity index (χ3v) is 3.96. The van der Waals surface area contributed by atoms with Gasteiger partial charge < -0.3 is 20.1 Å². The van der Waals surface area contributed by atoms with E-state index < -0.39 is 5.97 Å². The van der Waals surface area contributed by atoms with Crippen LogP contribution in [0.15, 0.2) is 30.3 Å². The van der Waals surface area contributed by atoms with Crippen molar-refractivity contribution in [3.05, 3.63) is 41.6 Å². The lowest BCUT2D eigenvalue weighted by Crippen LogP contribution is -2.20. The van der Waals surface area contributed by atoms with Crippen molar-refractivity contribution in [3.8, 4) is 0 Å². The number of aryl methyl sites for hydroxylation is 1. The summed E-state index contributed by atoms with van der Waals surface area (Å²) in [6.07, 6.45) is 2.36. The zero-order chi connectivity index (χ0) is 17.6. The quantitative estimate of drug-likeness (QED) is 0.781. The number of nitrogens with one attached hydrogen (secondary N) is 2. The Labute approximate surface area is 146 Å². The van der Waals surface area contributed by atoms with Crippen LogP contribution in [0.3, 0.4) is 0 Å². The van der Waals surface area contributed by atoms with Gasteiger partial charge in [0.15, 0.2) is 0 Å². The van der Waals surface area contributed by atoms with Gasteiger partial charge in [0.2, 0.25) is 5.95 Å². The fourth-order valence-corrected chi connectivity index (χ4v) is 2.74. The van der Waals surface area contributed by atoms with Crippen molar-refractivity contribution >= 4 is 23.4 Å². The molecule has 25 heavy (non-hydrogen) atoms. The van der Waals surface area contributed by atoms with Crippen LogP contribution in [0.4, 0.5) is 17.5 Å². The molecular formula is C18H22N4O3. The first-order chi connectivity index (χ1) is 12.2. The number of para-hydroxylation sites is 1. The lowest BCUT2D eigenvalue weighted by molar-refractivity contribution is 0.0602. The summed E-state index contributed by atoms with van der Waals surface area (Å²) in [6.45, 7) is 3.40. The molecule has 7 heteroatoms. The predicted molar refractivity (Wildman–Crippen MR) is 95.3 cm³/mol. The first-order valence-electron chi connectivity index (χ1n) is 8.31. The summed E-state index contributed by atoms with van der Waals surface area (Å²) in [5.41, 5.74) is 1.91. The lowest BCUT2D eigenvalue weighted by atomic mass is 10.2. The topological polar surface area (TPSA) is 85.4 Å². The van der Waals surface area contributed by atoms with E-state index in [0.29, 0.717) is 29.6 Å². The molecule has 2 N–H and O–H groups in total. The monoisotopic (exact) mass is 342 g/mol. The smallest absolute Gasteiger partial charge is 0.339 e. The summed E-state index contributed by atoms with van der Waals surface area (Å²) >= 11 is 0. The largest absolute Gasteiger partial charge is 0.465 e. The maximum absolute atomic E-state index is 11.9. The van der Waals surface area contributed by atoms with Crippen molar-refractivity contribution in [2.75, 3.05) is 30.9 Å². The standard InChI is InChI=1S/C18H22N4O3/c1-12-10-16(21-15-8-4-3-7-14(15)17(23)24-2)22-18(20-12)19-11-13-6-5-9-25-13/h3-4,7-8,10,13H,5-6,9,11H2,1-2H3,(H2,19,20,21,22). The molecule has 132 valence electrons. The van der Waals surface area contributed by atoms with E-state index in [0.717, 1.165) is 25.1 Å². The number of aromatic nitrogens is 2. The average Bonchev–Trinajstić information content (AvgIpc) is 3.13. The van der Waals surface area contributed by atoms with Gasteiger partial charge in [0.05, 0.1) is 24.5 Å². The van der Waals surface area contributed by atoms with Crippen LogP contribution in [0.2, 0.25) is 0 Å². The molecule has 0 amide bonds. The van der Waals surface area contributed by atoms with Crippen molar-refractivity contribution in [2.24, 2.45) is 0 Å². The molecule has 1 aromatic heterocycles. The van der Waals surface area contributed by atoms with Gasteiger partial charge in [0, 0.05) is 24.9 Å². The van der Waals surface area contributed by atoms with E-state index in [-0.39, 0.29) is 6.10 Å². The normalized spacial score (nSPS) is 16.5. The first-order valence-corrected chi connectivity index (χ1v) is 8.31. The van der Waals surface area contributed by atoms with E-state index in [4.69, 9.17) is 9.47 Å². The van der Waals surface area contributed by atoms with Gasteiger partial charge in [-0.05, 0) is 31.9 Å². The number of hydrogen-bond donors (Lipinski definition) is 2. The minimum Gasteiger partial charge on any atom is -0.465 e. The molecule has 1 aliphatic rings. The Hall–Kier alpha value is -2.67. The molecule has 7 nitrogen and oxygen atoms in total. The van der Waals surface area contributed by atoms with Crippen LogP contribution in [0.25, 0.3) is 0 Å². The molecule has 0 radical (unpaired) electrons. The molecule has 0 aliphatic carbocycles. The molecule has 1 saturated heterocycles. The Balaban J connectivity index is 1.75. The summed E-state index contributed by atoms with van der Waals surface area (Å²) in [5.74, 6) is 0.748. The van der Waals surface area contributed by atoms with Crippen LogP contribution in [0.1, 0.15) is 28.9 Å². The Morgan fingerprint density at radius 2 is 2.20 bits per heavy atom. The van der Waals surface area contributed by atoms with Crippen LogP contribution in [0.5, 0.6) is 0 Å². The van der Waals surface area contributed by atoms with E-state index in [1.54, 1.807) is 12.1 Å². The van der Waals surface area contributed by atoms with Crippen molar-refractivity contribution in [1.29, 1.82) is 0 Å². The summed E-state index contributed by atoms with van der Waals surface area (Å²) < 4.78 is 10.4. The Morgan fingerprint density at radius 3 is 2.96 bits per heavy atom. The summed E-state index contributed by atoms with van der Waals surface area (Å²) in [7, 11) is 1.36. The van der Waals surface area contributed by atoms with Gasteiger partial charge in [0.1, 0.15) is 5.82 Å². The highest BCUT2D eigenvalue weighted by molar-refractivity contribution is 5.96. The van der Waals surface area contributed by atoms with Gasteiger partial charge in [-0.2, -0.15) is 4.98 Å². The fraction of sp³-hybridized carbons (Fsp3) is 0.389. The summed E-state index contributed by atoms with van der Waals surface area (Å²) in [4.78, 5) is 20.8.